The van der Waals surface area contributed by atoms with Crippen molar-refractivity contribution in [2.24, 2.45) is 0 Å². The van der Waals surface area contributed by atoms with Gasteiger partial charge in [-0.3, -0.25) is 19.2 Å². The van der Waals surface area contributed by atoms with Gasteiger partial charge in [-0.1, -0.05) is 36.4 Å². The van der Waals surface area contributed by atoms with Crippen molar-refractivity contribution in [1.29, 1.82) is 0 Å². The van der Waals surface area contributed by atoms with Crippen molar-refractivity contribution in [2.45, 2.75) is 108 Å². The number of carbonyl (C=O) groups excluding carboxylic acids is 4. The zero-order chi connectivity index (χ0) is 38.7. The van der Waals surface area contributed by atoms with Crippen LogP contribution in [0.4, 0.5) is 4.39 Å². The van der Waals surface area contributed by atoms with E-state index >= 15 is 0 Å². The number of esters is 2. The third kappa shape index (κ3) is 8.91. The number of likely N-dealkylation sites (tertiary alicyclic amines) is 1. The van der Waals surface area contributed by atoms with Crippen LogP contribution in [0, 0.1) is 13.3 Å². The van der Waals surface area contributed by atoms with Crippen LogP contribution >= 0.6 is 0 Å². The number of nitrogens with zero attached hydrogens (tertiary/aromatic N) is 2. The number of nitrogens with one attached hydrogen (secondary N) is 1. The van der Waals surface area contributed by atoms with Crippen LogP contribution in [-0.4, -0.2) is 115 Å². The number of carbonyl (C=O) groups is 4. The standard InChI is InChI=1S/C40H53FN3O9/c1-25-11-16-31(40-35(52-27(3)46)22-34(51-26(2)45)39(53-40,24-50-40)38(4,5)49)20-30(25)19-29-14-12-28(13-15-29)9-8-10-36(47)44-23-32(41)21-33(44)37(48)42-17-18-43(6)7/h11-16,20,22,32-35,49H,8-10,17-19,21,23-24H2,1-7H3,(H,42,48)/t32-,33+,34+,35-,39+,40+/m1/s1. The van der Waals surface area contributed by atoms with Gasteiger partial charge in [0.15, 0.2) is 11.7 Å². The lowest BCUT2D eigenvalue weighted by atomic mass is 9.76. The molecule has 0 saturated carbocycles. The number of hydrogen-bond donors (Lipinski definition) is 2. The third-order valence-electron chi connectivity index (χ3n) is 10.4. The monoisotopic (exact) mass is 738 g/mol. The number of aliphatic hydroxyl groups is 1. The van der Waals surface area contributed by atoms with Gasteiger partial charge in [-0.05, 0) is 82.4 Å². The molecule has 5 rings (SSSR count). The first-order valence-electron chi connectivity index (χ1n) is 18.2. The maximum absolute atomic E-state index is 14.3. The zero-order valence-electron chi connectivity index (χ0n) is 31.8. The molecule has 3 aliphatic heterocycles. The second-order valence-electron chi connectivity index (χ2n) is 15.2. The summed E-state index contributed by atoms with van der Waals surface area (Å²) in [4.78, 5) is 53.4. The van der Waals surface area contributed by atoms with E-state index in [1.807, 2.05) is 68.4 Å². The molecular weight excluding hydrogens is 685 g/mol. The predicted octanol–water partition coefficient (Wildman–Crippen LogP) is 3.32. The summed E-state index contributed by atoms with van der Waals surface area (Å²) >= 11 is 0. The minimum atomic E-state index is -1.60. The molecule has 0 aliphatic carbocycles. The SMILES string of the molecule is CC(=O)O[C@H]1[CH][C@@H](OC(C)=O)[C@@]2(c3ccc(C)c(Cc4ccc(CCCC(=O)N5C[C@H](F)C[C@H]5C(=O)NCCN(C)C)cc4)c3)OC[C@]1(C(C)(C)O)O2. The number of aryl methyl sites for hydroxylation is 2. The lowest BCUT2D eigenvalue weighted by Gasteiger charge is -2.50. The number of alkyl halides is 1. The molecule has 2 amide bonds. The molecule has 12 nitrogen and oxygen atoms in total. The van der Waals surface area contributed by atoms with E-state index in [1.54, 1.807) is 20.3 Å². The van der Waals surface area contributed by atoms with E-state index in [0.29, 0.717) is 37.9 Å². The number of benzene rings is 2. The minimum absolute atomic E-state index is 0.0216. The number of halogens is 1. The molecule has 53 heavy (non-hydrogen) atoms. The fourth-order valence-electron chi connectivity index (χ4n) is 7.37. The van der Waals surface area contributed by atoms with Gasteiger partial charge in [-0.25, -0.2) is 4.39 Å². The van der Waals surface area contributed by atoms with Crippen LogP contribution in [0.5, 0.6) is 0 Å². The summed E-state index contributed by atoms with van der Waals surface area (Å²) in [6.07, 6.45) is 0.244. The predicted molar refractivity (Wildman–Crippen MR) is 193 cm³/mol. The van der Waals surface area contributed by atoms with E-state index in [2.05, 4.69) is 5.32 Å². The van der Waals surface area contributed by atoms with Crippen LogP contribution in [0.25, 0.3) is 0 Å². The summed E-state index contributed by atoms with van der Waals surface area (Å²) in [7, 11) is 3.80. The van der Waals surface area contributed by atoms with E-state index in [4.69, 9.17) is 18.9 Å². The summed E-state index contributed by atoms with van der Waals surface area (Å²) < 4.78 is 38.5. The average molecular weight is 739 g/mol. The van der Waals surface area contributed by atoms with Crippen LogP contribution in [0.1, 0.15) is 74.8 Å². The number of fused-ring (bicyclic) bond motifs is 2. The molecule has 3 heterocycles. The molecule has 1 radical (unpaired) electrons. The fourth-order valence-corrected chi connectivity index (χ4v) is 7.37. The highest BCUT2D eigenvalue weighted by atomic mass is 19.1. The van der Waals surface area contributed by atoms with Crippen molar-refractivity contribution in [3.05, 3.63) is 76.7 Å². The van der Waals surface area contributed by atoms with E-state index in [0.717, 1.165) is 22.3 Å². The fraction of sp³-hybridized carbons (Fsp3) is 0.575. The maximum Gasteiger partial charge on any atom is 0.303 e. The molecule has 13 heteroatoms. The third-order valence-corrected chi connectivity index (χ3v) is 10.4. The van der Waals surface area contributed by atoms with Crippen LogP contribution in [0.15, 0.2) is 42.5 Å². The van der Waals surface area contributed by atoms with Crippen molar-refractivity contribution >= 4 is 23.8 Å². The zero-order valence-corrected chi connectivity index (χ0v) is 31.8. The summed E-state index contributed by atoms with van der Waals surface area (Å²) in [5.74, 6) is -3.28. The number of rotatable bonds is 14. The van der Waals surface area contributed by atoms with Gasteiger partial charge in [0.25, 0.3) is 0 Å². The number of likely N-dealkylation sites (N-methyl/N-ethyl adjacent to an activating group) is 1. The van der Waals surface area contributed by atoms with Gasteiger partial charge in [-0.2, -0.15) is 0 Å². The van der Waals surface area contributed by atoms with E-state index < -0.39 is 53.3 Å². The summed E-state index contributed by atoms with van der Waals surface area (Å²) in [6, 6.07) is 13.1. The Morgan fingerprint density at radius 1 is 1.04 bits per heavy atom. The Balaban J connectivity index is 1.25. The Morgan fingerprint density at radius 3 is 2.34 bits per heavy atom. The average Bonchev–Trinajstić information content (AvgIpc) is 3.65. The number of amides is 2. The molecule has 0 unspecified atom stereocenters. The van der Waals surface area contributed by atoms with Gasteiger partial charge in [-0.15, -0.1) is 0 Å². The topological polar surface area (TPSA) is 144 Å². The second kappa shape index (κ2) is 16.2. The highest BCUT2D eigenvalue weighted by Crippen LogP contribution is 2.54. The first kappa shape index (κ1) is 40.3. The van der Waals surface area contributed by atoms with E-state index in [1.165, 1.54) is 18.7 Å². The van der Waals surface area contributed by atoms with Crippen LogP contribution in [0.3, 0.4) is 0 Å². The molecule has 0 spiro atoms. The summed E-state index contributed by atoms with van der Waals surface area (Å²) in [5, 5.41) is 14.1. The number of hydrogen-bond acceptors (Lipinski definition) is 10. The minimum Gasteiger partial charge on any atom is -0.459 e. The van der Waals surface area contributed by atoms with Gasteiger partial charge in [0.05, 0.1) is 25.2 Å². The lowest BCUT2D eigenvalue weighted by Crippen LogP contribution is -2.67. The molecule has 2 N–H and O–H groups in total. The van der Waals surface area contributed by atoms with Gasteiger partial charge < -0.3 is 39.2 Å². The van der Waals surface area contributed by atoms with Crippen molar-refractivity contribution in [3.63, 3.8) is 0 Å². The highest BCUT2D eigenvalue weighted by molar-refractivity contribution is 5.88. The van der Waals surface area contributed by atoms with E-state index in [-0.39, 0.29) is 37.8 Å². The Morgan fingerprint density at radius 2 is 1.70 bits per heavy atom. The quantitative estimate of drug-likeness (QED) is 0.277. The molecule has 3 saturated heterocycles. The normalized spacial score (nSPS) is 26.8. The number of ether oxygens (including phenoxy) is 4. The van der Waals surface area contributed by atoms with Crippen LogP contribution < -0.4 is 5.32 Å². The summed E-state index contributed by atoms with van der Waals surface area (Å²) in [5.41, 5.74) is 1.69. The molecule has 6 atom stereocenters. The molecule has 2 bridgehead atoms. The Bertz CT molecular complexity index is 1660. The molecule has 2 aromatic carbocycles. The Hall–Kier alpha value is -3.91. The van der Waals surface area contributed by atoms with Gasteiger partial charge in [0, 0.05) is 45.3 Å². The first-order chi connectivity index (χ1) is 24.9. The summed E-state index contributed by atoms with van der Waals surface area (Å²) in [6.45, 7) is 8.56. The van der Waals surface area contributed by atoms with Crippen molar-refractivity contribution in [3.8, 4) is 0 Å². The van der Waals surface area contributed by atoms with Gasteiger partial charge in [0.1, 0.15) is 18.3 Å². The van der Waals surface area contributed by atoms with Gasteiger partial charge in [0.2, 0.25) is 17.6 Å². The molecular formula is C40H53FN3O9. The molecule has 0 aromatic heterocycles. The largest absolute Gasteiger partial charge is 0.459 e. The Kier molecular flexibility index (Phi) is 12.3. The highest BCUT2D eigenvalue weighted by Gasteiger charge is 2.71. The lowest BCUT2D eigenvalue weighted by molar-refractivity contribution is -0.307. The maximum atomic E-state index is 14.3. The van der Waals surface area contributed by atoms with Crippen molar-refractivity contribution < 1.29 is 47.6 Å². The molecule has 3 fully saturated rings. The molecule has 3 aliphatic rings. The Labute approximate surface area is 311 Å². The van der Waals surface area contributed by atoms with Gasteiger partial charge >= 0.3 is 11.9 Å². The van der Waals surface area contributed by atoms with Crippen LogP contribution in [0.2, 0.25) is 0 Å². The molecule has 289 valence electrons. The first-order valence-corrected chi connectivity index (χ1v) is 18.2. The van der Waals surface area contributed by atoms with Crippen molar-refractivity contribution in [1.82, 2.24) is 15.1 Å². The van der Waals surface area contributed by atoms with Crippen molar-refractivity contribution in [2.75, 3.05) is 40.3 Å². The van der Waals surface area contributed by atoms with Crippen LogP contribution in [-0.2, 0) is 56.8 Å². The smallest absolute Gasteiger partial charge is 0.303 e. The molecule has 2 aromatic rings. The second-order valence-corrected chi connectivity index (χ2v) is 15.2. The van der Waals surface area contributed by atoms with E-state index in [9.17, 15) is 28.7 Å².